The van der Waals surface area contributed by atoms with Crippen LogP contribution in [0.15, 0.2) is 135 Å². The molecule has 0 aliphatic heterocycles. The van der Waals surface area contributed by atoms with Gasteiger partial charge in [-0.3, -0.25) is 0 Å². The Morgan fingerprint density at radius 3 is 2.08 bits per heavy atom. The van der Waals surface area contributed by atoms with Gasteiger partial charge in [-0.15, -0.1) is 0 Å². The summed E-state index contributed by atoms with van der Waals surface area (Å²) in [7, 11) is 0. The van der Waals surface area contributed by atoms with Gasteiger partial charge in [0.05, 0.1) is 15.0 Å². The van der Waals surface area contributed by atoms with Crippen LogP contribution in [0.5, 0.6) is 0 Å². The molecule has 6 aromatic carbocycles. The van der Waals surface area contributed by atoms with Gasteiger partial charge in [0.25, 0.3) is 0 Å². The molecule has 0 fully saturated rings. The van der Waals surface area contributed by atoms with Crippen LogP contribution in [0.2, 0.25) is 0 Å². The van der Waals surface area contributed by atoms with Crippen LogP contribution in [-0.4, -0.2) is 0 Å². The number of halogens is 2. The molecule has 1 aromatic heterocycles. The lowest BCUT2D eigenvalue weighted by atomic mass is 9.67. The second-order valence-electron chi connectivity index (χ2n) is 9.41. The van der Waals surface area contributed by atoms with Crippen molar-refractivity contribution in [1.82, 2.24) is 0 Å². The van der Waals surface area contributed by atoms with E-state index in [1.165, 1.54) is 0 Å². The van der Waals surface area contributed by atoms with Crippen molar-refractivity contribution < 1.29 is 14.0 Å². The summed E-state index contributed by atoms with van der Waals surface area (Å²) in [5.74, 6) is 0. The predicted molar refractivity (Wildman–Crippen MR) is 164 cm³/mol. The number of benzene rings is 6. The molecule has 1 heterocycles. The van der Waals surface area contributed by atoms with E-state index in [4.69, 9.17) is 9.90 Å². The van der Waals surface area contributed by atoms with Crippen LogP contribution in [0.1, 0.15) is 31.8 Å². The van der Waals surface area contributed by atoms with E-state index >= 15 is 0 Å². The molecular formula is C35H20Br2O. The molecule has 0 N–H and O–H groups in total. The number of hydrogen-bond donors (Lipinski definition) is 0. The highest BCUT2D eigenvalue weighted by Crippen LogP contribution is 2.58. The highest BCUT2D eigenvalue weighted by atomic mass is 79.9. The summed E-state index contributed by atoms with van der Waals surface area (Å²) in [4.78, 5) is 0. The molecule has 0 amide bonds. The lowest BCUT2D eigenvalue weighted by Crippen LogP contribution is -2.28. The summed E-state index contributed by atoms with van der Waals surface area (Å²) in [6, 6.07) is 22.6. The standard InChI is InChI=1S/C35H20Br2O/c36-24-14-16-30-28(19-24)29-20-25(37)15-17-31(29)35(30,23-13-12-21-6-1-2-7-22(21)18-23)32-10-5-9-27-26-8-3-4-11-33(26)38-34(27)32/h1-20H/i1D,2D,6D,7D,12D,13D,18D. The van der Waals surface area contributed by atoms with Crippen LogP contribution in [0, 0.1) is 0 Å². The van der Waals surface area contributed by atoms with Gasteiger partial charge in [0.15, 0.2) is 0 Å². The minimum atomic E-state index is -1.35. The van der Waals surface area contributed by atoms with Crippen LogP contribution in [0.4, 0.5) is 0 Å². The van der Waals surface area contributed by atoms with Gasteiger partial charge in [0.1, 0.15) is 11.2 Å². The Hall–Kier alpha value is -3.66. The lowest BCUT2D eigenvalue weighted by Gasteiger charge is -2.34. The molecular weight excluding hydrogens is 596 g/mol. The Kier molecular flexibility index (Phi) is 3.51. The van der Waals surface area contributed by atoms with Gasteiger partial charge >= 0.3 is 0 Å². The van der Waals surface area contributed by atoms with Gasteiger partial charge in [0.2, 0.25) is 0 Å². The molecule has 0 unspecified atom stereocenters. The van der Waals surface area contributed by atoms with E-state index in [1.807, 2.05) is 78.9 Å². The Morgan fingerprint density at radius 2 is 1.32 bits per heavy atom. The SMILES string of the molecule is [2H]c1c([2H])c([2H])c2c([2H])c(C3(c4cccc5c4oc4ccccc45)c4ccc(Br)cc4-c4cc(Br)ccc43)c([2H])c([2H])c2c1[2H]. The summed E-state index contributed by atoms with van der Waals surface area (Å²) >= 11 is 7.27. The zero-order valence-electron chi connectivity index (χ0n) is 26.7. The van der Waals surface area contributed by atoms with Crippen molar-refractivity contribution in [2.45, 2.75) is 5.41 Å². The number of hydrogen-bond acceptors (Lipinski definition) is 1. The second kappa shape index (κ2) is 8.17. The third-order valence-corrected chi connectivity index (χ3v) is 8.48. The summed E-state index contributed by atoms with van der Waals surface area (Å²) in [6.07, 6.45) is 0. The molecule has 3 heteroatoms. The zero-order valence-corrected chi connectivity index (χ0v) is 22.8. The third-order valence-electron chi connectivity index (χ3n) is 7.49. The minimum absolute atomic E-state index is 0.0858. The van der Waals surface area contributed by atoms with Gasteiger partial charge < -0.3 is 4.42 Å². The van der Waals surface area contributed by atoms with Crippen LogP contribution >= 0.6 is 31.9 Å². The smallest absolute Gasteiger partial charge is 0.140 e. The number of rotatable bonds is 2. The largest absolute Gasteiger partial charge is 0.456 e. The maximum Gasteiger partial charge on any atom is 0.140 e. The highest BCUT2D eigenvalue weighted by Gasteiger charge is 2.48. The topological polar surface area (TPSA) is 13.1 Å². The van der Waals surface area contributed by atoms with Crippen molar-refractivity contribution in [3.05, 3.63) is 152 Å². The number of para-hydroxylation sites is 2. The quantitative estimate of drug-likeness (QED) is 0.187. The molecule has 7 aromatic rings. The van der Waals surface area contributed by atoms with Crippen molar-refractivity contribution in [3.63, 3.8) is 0 Å². The van der Waals surface area contributed by atoms with Crippen LogP contribution < -0.4 is 0 Å². The molecule has 1 aliphatic carbocycles. The fourth-order valence-electron chi connectivity index (χ4n) is 5.98. The van der Waals surface area contributed by atoms with E-state index in [2.05, 4.69) is 31.9 Å². The first-order valence-electron chi connectivity index (χ1n) is 15.6. The molecule has 0 saturated heterocycles. The number of furan rings is 1. The Labute approximate surface area is 246 Å². The Bertz CT molecular complexity index is 2400. The molecule has 8 rings (SSSR count). The van der Waals surface area contributed by atoms with Gasteiger partial charge in [-0.2, -0.15) is 0 Å². The predicted octanol–water partition coefficient (Wildman–Crippen LogP) is 10.6. The molecule has 0 spiro atoms. The zero-order chi connectivity index (χ0) is 31.5. The first-order valence-corrected chi connectivity index (χ1v) is 13.7. The maximum atomic E-state index is 9.70. The summed E-state index contributed by atoms with van der Waals surface area (Å²) < 4.78 is 70.8. The van der Waals surface area contributed by atoms with E-state index < -0.39 is 29.6 Å². The van der Waals surface area contributed by atoms with Gasteiger partial charge in [0, 0.05) is 25.3 Å². The average Bonchev–Trinajstić information content (AvgIpc) is 3.54. The molecule has 38 heavy (non-hydrogen) atoms. The molecule has 0 radical (unpaired) electrons. The van der Waals surface area contributed by atoms with Gasteiger partial charge in [-0.05, 0) is 75.0 Å². The fourth-order valence-corrected chi connectivity index (χ4v) is 6.71. The van der Waals surface area contributed by atoms with Crippen molar-refractivity contribution in [2.24, 2.45) is 0 Å². The van der Waals surface area contributed by atoms with Crippen molar-refractivity contribution in [2.75, 3.05) is 0 Å². The summed E-state index contributed by atoms with van der Waals surface area (Å²) in [5, 5.41) is 1.55. The molecule has 1 nitrogen and oxygen atoms in total. The molecule has 0 bridgehead atoms. The molecule has 1 aliphatic rings. The van der Waals surface area contributed by atoms with Crippen molar-refractivity contribution >= 4 is 64.6 Å². The summed E-state index contributed by atoms with van der Waals surface area (Å²) in [6.45, 7) is 0. The number of fused-ring (bicyclic) bond motifs is 7. The monoisotopic (exact) mass is 621 g/mol. The minimum Gasteiger partial charge on any atom is -0.456 e. The van der Waals surface area contributed by atoms with E-state index in [0.29, 0.717) is 16.7 Å². The van der Waals surface area contributed by atoms with Crippen molar-refractivity contribution in [1.29, 1.82) is 0 Å². The third kappa shape index (κ3) is 2.97. The average molecular weight is 623 g/mol. The van der Waals surface area contributed by atoms with Crippen LogP contribution in [-0.2, 0) is 5.41 Å². The van der Waals surface area contributed by atoms with E-state index in [9.17, 15) is 4.11 Å². The molecule has 0 atom stereocenters. The maximum absolute atomic E-state index is 9.70. The van der Waals surface area contributed by atoms with Crippen LogP contribution in [0.25, 0.3) is 43.8 Å². The molecule has 180 valence electrons. The van der Waals surface area contributed by atoms with E-state index in [-0.39, 0.29) is 34.5 Å². The lowest BCUT2D eigenvalue weighted by molar-refractivity contribution is 0.648. The molecule has 0 saturated carbocycles. The van der Waals surface area contributed by atoms with Crippen molar-refractivity contribution in [3.8, 4) is 11.1 Å². The van der Waals surface area contributed by atoms with E-state index in [0.717, 1.165) is 42.0 Å². The van der Waals surface area contributed by atoms with Crippen LogP contribution in [0.3, 0.4) is 0 Å². The summed E-state index contributed by atoms with van der Waals surface area (Å²) in [5.41, 5.74) is 4.01. The van der Waals surface area contributed by atoms with Gasteiger partial charge in [-0.25, -0.2) is 0 Å². The Balaban J connectivity index is 1.67. The normalized spacial score (nSPS) is 16.3. The Morgan fingerprint density at radius 1 is 0.632 bits per heavy atom. The fraction of sp³-hybridized carbons (Fsp3) is 0.0286. The van der Waals surface area contributed by atoms with E-state index in [1.54, 1.807) is 0 Å². The highest BCUT2D eigenvalue weighted by molar-refractivity contribution is 9.10. The van der Waals surface area contributed by atoms with Gasteiger partial charge in [-0.1, -0.05) is 117 Å². The first-order chi connectivity index (χ1) is 21.6. The second-order valence-corrected chi connectivity index (χ2v) is 11.2. The first kappa shape index (κ1) is 16.3.